The molecule has 4 aliphatic carbocycles. The van der Waals surface area contributed by atoms with Crippen LogP contribution in [-0.2, 0) is 7.05 Å². The van der Waals surface area contributed by atoms with Crippen LogP contribution in [0.5, 0.6) is 0 Å². The summed E-state index contributed by atoms with van der Waals surface area (Å²) in [5, 5.41) is 7.47. The number of aromatic amines is 1. The van der Waals surface area contributed by atoms with Gasteiger partial charge < -0.3 is 4.57 Å². The topological polar surface area (TPSA) is 33.6 Å². The summed E-state index contributed by atoms with van der Waals surface area (Å²) in [6, 6.07) is 0. The second-order valence-corrected chi connectivity index (χ2v) is 6.79. The van der Waals surface area contributed by atoms with E-state index >= 15 is 0 Å². The van der Waals surface area contributed by atoms with Crippen molar-refractivity contribution in [3.63, 3.8) is 0 Å². The zero-order chi connectivity index (χ0) is 11.6. The van der Waals surface area contributed by atoms with Crippen molar-refractivity contribution in [3.05, 3.63) is 10.6 Å². The monoisotopic (exact) mass is 249 g/mol. The van der Waals surface area contributed by atoms with Gasteiger partial charge in [-0.1, -0.05) is 0 Å². The molecule has 4 saturated carbocycles. The van der Waals surface area contributed by atoms with Gasteiger partial charge in [0.05, 0.1) is 0 Å². The maximum Gasteiger partial charge on any atom is 0.194 e. The van der Waals surface area contributed by atoms with Gasteiger partial charge in [-0.25, -0.2) is 0 Å². The highest BCUT2D eigenvalue weighted by molar-refractivity contribution is 7.71. The summed E-state index contributed by atoms with van der Waals surface area (Å²) in [4.78, 5) is 0. The van der Waals surface area contributed by atoms with Gasteiger partial charge in [0.2, 0.25) is 0 Å². The summed E-state index contributed by atoms with van der Waals surface area (Å²) in [5.41, 5.74) is 0. The lowest BCUT2D eigenvalue weighted by Crippen LogP contribution is -2.44. The summed E-state index contributed by atoms with van der Waals surface area (Å²) in [6.07, 6.45) is 7.28. The van der Waals surface area contributed by atoms with Crippen LogP contribution < -0.4 is 0 Å². The highest BCUT2D eigenvalue weighted by atomic mass is 32.1. The molecule has 4 heteroatoms. The number of nitrogens with one attached hydrogen (secondary N) is 1. The van der Waals surface area contributed by atoms with E-state index in [0.717, 1.165) is 28.4 Å². The minimum absolute atomic E-state index is 0.681. The molecule has 0 aliphatic heterocycles. The van der Waals surface area contributed by atoms with E-state index in [9.17, 15) is 0 Å². The first-order valence-corrected chi connectivity index (χ1v) is 7.24. The molecule has 5 rings (SSSR count). The highest BCUT2D eigenvalue weighted by Gasteiger charge is 2.49. The molecule has 0 amide bonds. The van der Waals surface area contributed by atoms with Crippen molar-refractivity contribution in [1.29, 1.82) is 0 Å². The normalized spacial score (nSPS) is 43.2. The summed E-state index contributed by atoms with van der Waals surface area (Å²) in [7, 11) is 2.06. The van der Waals surface area contributed by atoms with E-state index in [0.29, 0.717) is 5.92 Å². The zero-order valence-corrected chi connectivity index (χ0v) is 11.0. The third kappa shape index (κ3) is 1.39. The fraction of sp³-hybridized carbons (Fsp3) is 0.846. The van der Waals surface area contributed by atoms with E-state index in [1.165, 1.54) is 37.9 Å². The Kier molecular flexibility index (Phi) is 2.08. The Morgan fingerprint density at radius 3 is 2.18 bits per heavy atom. The molecule has 1 aromatic heterocycles. The third-order valence-electron chi connectivity index (χ3n) is 5.44. The van der Waals surface area contributed by atoms with E-state index in [2.05, 4.69) is 21.8 Å². The van der Waals surface area contributed by atoms with Crippen molar-refractivity contribution in [1.82, 2.24) is 14.8 Å². The zero-order valence-electron chi connectivity index (χ0n) is 10.2. The Morgan fingerprint density at radius 1 is 1.12 bits per heavy atom. The molecule has 0 spiro atoms. The summed E-state index contributed by atoms with van der Waals surface area (Å²) < 4.78 is 2.87. The average molecular weight is 249 g/mol. The summed E-state index contributed by atoms with van der Waals surface area (Å²) in [6.45, 7) is 0. The van der Waals surface area contributed by atoms with E-state index in [4.69, 9.17) is 12.2 Å². The van der Waals surface area contributed by atoms with Crippen LogP contribution >= 0.6 is 12.2 Å². The van der Waals surface area contributed by atoms with Gasteiger partial charge in [0.15, 0.2) is 4.77 Å². The van der Waals surface area contributed by atoms with Gasteiger partial charge in [-0.3, -0.25) is 5.10 Å². The van der Waals surface area contributed by atoms with Crippen molar-refractivity contribution in [2.24, 2.45) is 30.7 Å². The van der Waals surface area contributed by atoms with E-state index in [1.54, 1.807) is 0 Å². The van der Waals surface area contributed by atoms with Crippen molar-refractivity contribution < 1.29 is 0 Å². The lowest BCUT2D eigenvalue weighted by atomic mass is 9.51. The first-order valence-electron chi connectivity index (χ1n) is 6.83. The lowest BCUT2D eigenvalue weighted by molar-refractivity contribution is -0.00662. The predicted molar refractivity (Wildman–Crippen MR) is 68.2 cm³/mol. The molecule has 4 fully saturated rings. The Hall–Kier alpha value is -0.640. The number of hydrogen-bond donors (Lipinski definition) is 1. The maximum atomic E-state index is 5.25. The van der Waals surface area contributed by atoms with Crippen molar-refractivity contribution in [2.75, 3.05) is 0 Å². The van der Waals surface area contributed by atoms with E-state index < -0.39 is 0 Å². The van der Waals surface area contributed by atoms with Gasteiger partial charge in [0.25, 0.3) is 0 Å². The van der Waals surface area contributed by atoms with Gasteiger partial charge in [-0.15, -0.1) is 0 Å². The number of rotatable bonds is 1. The quantitative estimate of drug-likeness (QED) is 0.776. The smallest absolute Gasteiger partial charge is 0.194 e. The molecule has 1 heterocycles. The molecule has 0 radical (unpaired) electrons. The molecule has 92 valence electrons. The fourth-order valence-corrected chi connectivity index (χ4v) is 5.14. The van der Waals surface area contributed by atoms with Crippen molar-refractivity contribution in [2.45, 2.75) is 38.0 Å². The minimum Gasteiger partial charge on any atom is -0.307 e. The molecule has 0 saturated heterocycles. The number of hydrogen-bond acceptors (Lipinski definition) is 2. The highest BCUT2D eigenvalue weighted by Crippen LogP contribution is 2.59. The average Bonchev–Trinajstić information content (AvgIpc) is 2.60. The number of nitrogens with zero attached hydrogens (tertiary/aromatic N) is 2. The van der Waals surface area contributed by atoms with Gasteiger partial charge in [-0.2, -0.15) is 5.10 Å². The first kappa shape index (κ1) is 10.3. The molecule has 1 N–H and O–H groups in total. The molecule has 0 unspecified atom stereocenters. The Labute approximate surface area is 107 Å². The van der Waals surface area contributed by atoms with Gasteiger partial charge in [0.1, 0.15) is 5.82 Å². The molecular formula is C13H19N3S. The number of aromatic nitrogens is 3. The fourth-order valence-electron chi connectivity index (χ4n) is 5.00. The van der Waals surface area contributed by atoms with Gasteiger partial charge >= 0.3 is 0 Å². The molecule has 3 nitrogen and oxygen atoms in total. The largest absolute Gasteiger partial charge is 0.307 e. The van der Waals surface area contributed by atoms with E-state index in [1.807, 2.05) is 0 Å². The Morgan fingerprint density at radius 2 is 1.71 bits per heavy atom. The van der Waals surface area contributed by atoms with Crippen LogP contribution in [0.1, 0.15) is 43.8 Å². The minimum atomic E-state index is 0.681. The number of H-pyrrole nitrogens is 1. The van der Waals surface area contributed by atoms with Gasteiger partial charge in [-0.05, 0) is 68.0 Å². The second-order valence-electron chi connectivity index (χ2n) is 6.40. The lowest BCUT2D eigenvalue weighted by Gasteiger charge is -2.53. The standard InChI is InChI=1S/C13H19N3S/c1-16-12(14-15-13(16)17)11-9-3-7-2-8(5-9)6-10(11)4-7/h7-11H,2-6H2,1H3,(H,15,17). The molecule has 0 atom stereocenters. The van der Waals surface area contributed by atoms with E-state index in [-0.39, 0.29) is 0 Å². The maximum absolute atomic E-state index is 5.25. The van der Waals surface area contributed by atoms with Crippen LogP contribution in [0.4, 0.5) is 0 Å². The van der Waals surface area contributed by atoms with Crippen LogP contribution in [0.2, 0.25) is 0 Å². The van der Waals surface area contributed by atoms with Crippen molar-refractivity contribution in [3.8, 4) is 0 Å². The third-order valence-corrected chi connectivity index (χ3v) is 5.80. The molecule has 1 aromatic rings. The molecule has 4 bridgehead atoms. The van der Waals surface area contributed by atoms with Crippen LogP contribution in [0.25, 0.3) is 0 Å². The summed E-state index contributed by atoms with van der Waals surface area (Å²) >= 11 is 5.25. The first-order chi connectivity index (χ1) is 8.22. The van der Waals surface area contributed by atoms with Crippen LogP contribution in [0.15, 0.2) is 0 Å². The predicted octanol–water partition coefficient (Wildman–Crippen LogP) is 3.02. The van der Waals surface area contributed by atoms with Gasteiger partial charge in [0, 0.05) is 13.0 Å². The molecule has 17 heavy (non-hydrogen) atoms. The Balaban J connectivity index is 1.75. The van der Waals surface area contributed by atoms with Crippen molar-refractivity contribution >= 4 is 12.2 Å². The van der Waals surface area contributed by atoms with Crippen LogP contribution in [0, 0.1) is 28.4 Å². The molecular weight excluding hydrogens is 230 g/mol. The Bertz CT molecular complexity index is 473. The molecule has 4 aliphatic rings. The van der Waals surface area contributed by atoms with Crippen LogP contribution in [0.3, 0.4) is 0 Å². The summed E-state index contributed by atoms with van der Waals surface area (Å²) in [5.74, 6) is 5.73. The second kappa shape index (κ2) is 3.44. The molecule has 0 aromatic carbocycles. The SMILES string of the molecule is Cn1c(C2C3CC4CC(C3)CC2C4)n[nH]c1=S. The van der Waals surface area contributed by atoms with Crippen LogP contribution in [-0.4, -0.2) is 14.8 Å².